The van der Waals surface area contributed by atoms with Crippen molar-refractivity contribution in [2.24, 2.45) is 5.73 Å². The molecule has 0 aromatic heterocycles. The quantitative estimate of drug-likeness (QED) is 0.798. The molecule has 0 aliphatic rings. The first-order valence-corrected chi connectivity index (χ1v) is 5.16. The van der Waals surface area contributed by atoms with Gasteiger partial charge in [0.1, 0.15) is 5.75 Å². The number of para-hydroxylation sites is 1. The second-order valence-electron chi connectivity index (χ2n) is 3.66. The van der Waals surface area contributed by atoms with Gasteiger partial charge in [0.15, 0.2) is 0 Å². The summed E-state index contributed by atoms with van der Waals surface area (Å²) in [6.07, 6.45) is 1.25. The lowest BCUT2D eigenvalue weighted by atomic mass is 10.1. The highest BCUT2D eigenvalue weighted by Crippen LogP contribution is 2.24. The Hall–Kier alpha value is -1.02. The molecule has 0 heterocycles. The number of hydrogen-bond donors (Lipinski definition) is 1. The van der Waals surface area contributed by atoms with Gasteiger partial charge in [-0.05, 0) is 26.3 Å². The van der Waals surface area contributed by atoms with Gasteiger partial charge >= 0.3 is 0 Å². The first kappa shape index (κ1) is 11.1. The SMILES string of the molecule is CC[C@@H](C)Oc1ccccc1[C@H](C)N. The fourth-order valence-corrected chi connectivity index (χ4v) is 1.26. The summed E-state index contributed by atoms with van der Waals surface area (Å²) in [5.41, 5.74) is 6.93. The molecular weight excluding hydrogens is 174 g/mol. The Morgan fingerprint density at radius 3 is 2.50 bits per heavy atom. The Balaban J connectivity index is 2.84. The molecule has 0 saturated carbocycles. The van der Waals surface area contributed by atoms with Crippen molar-refractivity contribution in [2.45, 2.75) is 39.3 Å². The highest BCUT2D eigenvalue weighted by molar-refractivity contribution is 5.35. The highest BCUT2D eigenvalue weighted by Gasteiger charge is 2.08. The van der Waals surface area contributed by atoms with Gasteiger partial charge in [0.05, 0.1) is 6.10 Å². The molecule has 0 unspecified atom stereocenters. The van der Waals surface area contributed by atoms with Crippen LogP contribution in [-0.4, -0.2) is 6.10 Å². The van der Waals surface area contributed by atoms with E-state index < -0.39 is 0 Å². The van der Waals surface area contributed by atoms with E-state index in [0.29, 0.717) is 0 Å². The number of ether oxygens (including phenoxy) is 1. The van der Waals surface area contributed by atoms with Crippen LogP contribution in [0.2, 0.25) is 0 Å². The van der Waals surface area contributed by atoms with Crippen LogP contribution in [0.15, 0.2) is 24.3 Å². The van der Waals surface area contributed by atoms with Crippen LogP contribution in [0.1, 0.15) is 38.8 Å². The molecule has 1 aromatic carbocycles. The van der Waals surface area contributed by atoms with Gasteiger partial charge in [-0.3, -0.25) is 0 Å². The largest absolute Gasteiger partial charge is 0.490 e. The van der Waals surface area contributed by atoms with Crippen molar-refractivity contribution in [1.29, 1.82) is 0 Å². The van der Waals surface area contributed by atoms with Gasteiger partial charge in [0.25, 0.3) is 0 Å². The molecule has 2 atom stereocenters. The van der Waals surface area contributed by atoms with Crippen LogP contribution < -0.4 is 10.5 Å². The zero-order valence-electron chi connectivity index (χ0n) is 9.16. The van der Waals surface area contributed by atoms with Crippen molar-refractivity contribution in [2.75, 3.05) is 0 Å². The van der Waals surface area contributed by atoms with Gasteiger partial charge in [0, 0.05) is 11.6 Å². The van der Waals surface area contributed by atoms with Crippen LogP contribution >= 0.6 is 0 Å². The number of rotatable bonds is 4. The molecule has 0 saturated heterocycles. The van der Waals surface area contributed by atoms with E-state index in [1.165, 1.54) is 0 Å². The summed E-state index contributed by atoms with van der Waals surface area (Å²) < 4.78 is 5.78. The maximum absolute atomic E-state index is 5.85. The molecule has 0 aliphatic carbocycles. The van der Waals surface area contributed by atoms with Crippen LogP contribution in [0, 0.1) is 0 Å². The summed E-state index contributed by atoms with van der Waals surface area (Å²) in [5, 5.41) is 0. The normalized spacial score (nSPS) is 14.9. The minimum Gasteiger partial charge on any atom is -0.490 e. The maximum atomic E-state index is 5.85. The fraction of sp³-hybridized carbons (Fsp3) is 0.500. The molecule has 14 heavy (non-hydrogen) atoms. The molecule has 0 aliphatic heterocycles. The summed E-state index contributed by atoms with van der Waals surface area (Å²) in [7, 11) is 0. The van der Waals surface area contributed by atoms with Gasteiger partial charge < -0.3 is 10.5 Å². The molecule has 0 amide bonds. The molecule has 78 valence electrons. The standard InChI is InChI=1S/C12H19NO/c1-4-9(2)14-12-8-6-5-7-11(12)10(3)13/h5-10H,4,13H2,1-3H3/t9-,10+/m1/s1. The minimum atomic E-state index is 0.0234. The van der Waals surface area contributed by atoms with Gasteiger partial charge in [-0.1, -0.05) is 25.1 Å². The predicted octanol–water partition coefficient (Wildman–Crippen LogP) is 2.88. The van der Waals surface area contributed by atoms with Gasteiger partial charge in [-0.2, -0.15) is 0 Å². The van der Waals surface area contributed by atoms with E-state index in [1.54, 1.807) is 0 Å². The summed E-state index contributed by atoms with van der Waals surface area (Å²) >= 11 is 0. The van der Waals surface area contributed by atoms with Crippen molar-refractivity contribution >= 4 is 0 Å². The number of hydrogen-bond acceptors (Lipinski definition) is 2. The van der Waals surface area contributed by atoms with Crippen molar-refractivity contribution in [1.82, 2.24) is 0 Å². The monoisotopic (exact) mass is 193 g/mol. The van der Waals surface area contributed by atoms with Crippen LogP contribution in [-0.2, 0) is 0 Å². The Kier molecular flexibility index (Phi) is 3.96. The molecule has 2 nitrogen and oxygen atoms in total. The third-order valence-corrected chi connectivity index (χ3v) is 2.31. The van der Waals surface area contributed by atoms with E-state index in [1.807, 2.05) is 31.2 Å². The second kappa shape index (κ2) is 5.01. The third kappa shape index (κ3) is 2.74. The molecule has 0 radical (unpaired) electrons. The average Bonchev–Trinajstić information content (AvgIpc) is 2.18. The Morgan fingerprint density at radius 1 is 1.29 bits per heavy atom. The van der Waals surface area contributed by atoms with Crippen molar-refractivity contribution in [3.05, 3.63) is 29.8 Å². The summed E-state index contributed by atoms with van der Waals surface area (Å²) in [6.45, 7) is 6.15. The van der Waals surface area contributed by atoms with Gasteiger partial charge in [-0.15, -0.1) is 0 Å². The fourth-order valence-electron chi connectivity index (χ4n) is 1.26. The molecule has 1 aromatic rings. The summed E-state index contributed by atoms with van der Waals surface area (Å²) in [4.78, 5) is 0. The van der Waals surface area contributed by atoms with Crippen LogP contribution in [0.4, 0.5) is 0 Å². The second-order valence-corrected chi connectivity index (χ2v) is 3.66. The van der Waals surface area contributed by atoms with Gasteiger partial charge in [-0.25, -0.2) is 0 Å². The van der Waals surface area contributed by atoms with E-state index in [-0.39, 0.29) is 12.1 Å². The molecule has 0 spiro atoms. The first-order chi connectivity index (χ1) is 6.65. The minimum absolute atomic E-state index is 0.0234. The molecular formula is C12H19NO. The average molecular weight is 193 g/mol. The van der Waals surface area contributed by atoms with E-state index in [9.17, 15) is 0 Å². The van der Waals surface area contributed by atoms with E-state index in [0.717, 1.165) is 17.7 Å². The lowest BCUT2D eigenvalue weighted by Gasteiger charge is -2.17. The van der Waals surface area contributed by atoms with Gasteiger partial charge in [0.2, 0.25) is 0 Å². The predicted molar refractivity (Wildman–Crippen MR) is 59.4 cm³/mol. The van der Waals surface area contributed by atoms with Crippen LogP contribution in [0.5, 0.6) is 5.75 Å². The zero-order chi connectivity index (χ0) is 10.6. The Labute approximate surface area is 86.1 Å². The van der Waals surface area contributed by atoms with Crippen molar-refractivity contribution < 1.29 is 4.74 Å². The lowest BCUT2D eigenvalue weighted by Crippen LogP contribution is -2.13. The third-order valence-electron chi connectivity index (χ3n) is 2.31. The number of nitrogens with two attached hydrogens (primary N) is 1. The van der Waals surface area contributed by atoms with Crippen LogP contribution in [0.3, 0.4) is 0 Å². The van der Waals surface area contributed by atoms with E-state index in [4.69, 9.17) is 10.5 Å². The topological polar surface area (TPSA) is 35.2 Å². The molecule has 0 bridgehead atoms. The summed E-state index contributed by atoms with van der Waals surface area (Å²) in [6, 6.07) is 7.98. The molecule has 2 N–H and O–H groups in total. The van der Waals surface area contributed by atoms with Crippen molar-refractivity contribution in [3.8, 4) is 5.75 Å². The molecule has 1 rings (SSSR count). The number of benzene rings is 1. The zero-order valence-corrected chi connectivity index (χ0v) is 9.16. The Morgan fingerprint density at radius 2 is 1.93 bits per heavy atom. The molecule has 0 fully saturated rings. The molecule has 2 heteroatoms. The lowest BCUT2D eigenvalue weighted by molar-refractivity contribution is 0.214. The summed E-state index contributed by atoms with van der Waals surface area (Å²) in [5.74, 6) is 0.914. The van der Waals surface area contributed by atoms with E-state index in [2.05, 4.69) is 13.8 Å². The highest BCUT2D eigenvalue weighted by atomic mass is 16.5. The smallest absolute Gasteiger partial charge is 0.124 e. The Bertz CT molecular complexity index is 283. The van der Waals surface area contributed by atoms with Crippen LogP contribution in [0.25, 0.3) is 0 Å². The van der Waals surface area contributed by atoms with Crippen molar-refractivity contribution in [3.63, 3.8) is 0 Å². The van der Waals surface area contributed by atoms with E-state index >= 15 is 0 Å². The first-order valence-electron chi connectivity index (χ1n) is 5.16. The maximum Gasteiger partial charge on any atom is 0.124 e.